The number of carbonyl (C=O) groups is 1. The summed E-state index contributed by atoms with van der Waals surface area (Å²) in [6.45, 7) is 1.25. The summed E-state index contributed by atoms with van der Waals surface area (Å²) in [5.41, 5.74) is 5.84. The average Bonchev–Trinajstić information content (AvgIpc) is 3.02. The Bertz CT molecular complexity index is 697. The van der Waals surface area contributed by atoms with Gasteiger partial charge >= 0.3 is 0 Å². The van der Waals surface area contributed by atoms with Crippen LogP contribution in [0.1, 0.15) is 16.1 Å². The van der Waals surface area contributed by atoms with Gasteiger partial charge < -0.3 is 10.6 Å². The molecule has 0 aliphatic carbocycles. The summed E-state index contributed by atoms with van der Waals surface area (Å²) in [5.74, 6) is -0.0400. The Morgan fingerprint density at radius 3 is 2.90 bits per heavy atom. The molecule has 7 heteroatoms. The summed E-state index contributed by atoms with van der Waals surface area (Å²) < 4.78 is 0.877. The van der Waals surface area contributed by atoms with E-state index in [0.29, 0.717) is 18.0 Å². The molecule has 2 N–H and O–H groups in total. The van der Waals surface area contributed by atoms with E-state index in [1.54, 1.807) is 17.0 Å². The third-order valence-electron chi connectivity index (χ3n) is 3.43. The van der Waals surface area contributed by atoms with Gasteiger partial charge in [-0.15, -0.1) is 11.3 Å². The zero-order chi connectivity index (χ0) is 14.3. The summed E-state index contributed by atoms with van der Waals surface area (Å²) in [6, 6.07) is 6.41. The number of nitro groups is 1. The highest BCUT2D eigenvalue weighted by atomic mass is 32.1. The topological polar surface area (TPSA) is 89.5 Å². The zero-order valence-electron chi connectivity index (χ0n) is 10.6. The molecule has 1 aromatic carbocycles. The van der Waals surface area contributed by atoms with Gasteiger partial charge in [-0.2, -0.15) is 0 Å². The van der Waals surface area contributed by atoms with Crippen LogP contribution in [0.5, 0.6) is 0 Å². The lowest BCUT2D eigenvalue weighted by molar-refractivity contribution is -0.384. The largest absolute Gasteiger partial charge is 0.336 e. The molecule has 1 aromatic heterocycles. The summed E-state index contributed by atoms with van der Waals surface area (Å²) >= 11 is 1.36. The zero-order valence-corrected chi connectivity index (χ0v) is 11.4. The van der Waals surface area contributed by atoms with Crippen molar-refractivity contribution in [3.63, 3.8) is 0 Å². The van der Waals surface area contributed by atoms with Crippen LogP contribution in [0.2, 0.25) is 0 Å². The van der Waals surface area contributed by atoms with Gasteiger partial charge in [-0.05, 0) is 18.6 Å². The van der Waals surface area contributed by atoms with Crippen molar-refractivity contribution < 1.29 is 9.72 Å². The number of nitrogens with zero attached hydrogens (tertiary/aromatic N) is 2. The second-order valence-electron chi connectivity index (χ2n) is 4.89. The first-order valence-corrected chi connectivity index (χ1v) is 7.09. The SMILES string of the molecule is N[C@@H]1CCN(C(=O)c2cc3cc([N+](=O)[O-])ccc3s2)C1. The number of rotatable bonds is 2. The summed E-state index contributed by atoms with van der Waals surface area (Å²) in [6.07, 6.45) is 0.822. The number of nitrogens with two attached hydrogens (primary N) is 1. The minimum Gasteiger partial charge on any atom is -0.336 e. The van der Waals surface area contributed by atoms with Gasteiger partial charge in [-0.3, -0.25) is 14.9 Å². The molecule has 1 saturated heterocycles. The summed E-state index contributed by atoms with van der Waals surface area (Å²) in [7, 11) is 0. The van der Waals surface area contributed by atoms with Crippen LogP contribution in [0.25, 0.3) is 10.1 Å². The standard InChI is InChI=1S/C13H13N3O3S/c14-9-3-4-15(7-9)13(17)12-6-8-5-10(16(18)19)1-2-11(8)20-12/h1-2,5-6,9H,3-4,7,14H2/t9-/m1/s1. The van der Waals surface area contributed by atoms with E-state index >= 15 is 0 Å². The Balaban J connectivity index is 1.92. The quantitative estimate of drug-likeness (QED) is 0.676. The molecule has 2 heterocycles. The van der Waals surface area contributed by atoms with Gasteiger partial charge in [0.25, 0.3) is 11.6 Å². The number of non-ortho nitro benzene ring substituents is 1. The first kappa shape index (κ1) is 13.0. The second kappa shape index (κ2) is 4.84. The molecule has 0 radical (unpaired) electrons. The molecule has 2 aromatic rings. The molecule has 0 unspecified atom stereocenters. The number of likely N-dealkylation sites (tertiary alicyclic amines) is 1. The van der Waals surface area contributed by atoms with Crippen molar-refractivity contribution in [1.29, 1.82) is 0 Å². The minimum absolute atomic E-state index is 0.0393. The first-order chi connectivity index (χ1) is 9.54. The molecule has 1 aliphatic rings. The lowest BCUT2D eigenvalue weighted by Crippen LogP contribution is -2.31. The normalized spacial score (nSPS) is 18.6. The lowest BCUT2D eigenvalue weighted by Gasteiger charge is -2.13. The molecule has 3 rings (SSSR count). The average molecular weight is 291 g/mol. The molecule has 1 amide bonds. The fourth-order valence-electron chi connectivity index (χ4n) is 2.38. The Hall–Kier alpha value is -1.99. The van der Waals surface area contributed by atoms with Crippen LogP contribution in [0.15, 0.2) is 24.3 Å². The van der Waals surface area contributed by atoms with Crippen LogP contribution >= 0.6 is 11.3 Å². The number of hydrogen-bond acceptors (Lipinski definition) is 5. The van der Waals surface area contributed by atoms with Crippen LogP contribution in [0.3, 0.4) is 0 Å². The summed E-state index contributed by atoms with van der Waals surface area (Å²) in [5, 5.41) is 11.5. The third-order valence-corrected chi connectivity index (χ3v) is 4.54. The maximum atomic E-state index is 12.3. The van der Waals surface area contributed by atoms with Crippen molar-refractivity contribution in [2.75, 3.05) is 13.1 Å². The lowest BCUT2D eigenvalue weighted by atomic mass is 10.2. The Kier molecular flexibility index (Phi) is 3.15. The molecular weight excluding hydrogens is 278 g/mol. The van der Waals surface area contributed by atoms with Gasteiger partial charge in [0.1, 0.15) is 0 Å². The van der Waals surface area contributed by atoms with Gasteiger partial charge in [0.15, 0.2) is 0 Å². The number of benzene rings is 1. The fraction of sp³-hybridized carbons (Fsp3) is 0.308. The summed E-state index contributed by atoms with van der Waals surface area (Å²) in [4.78, 5) is 25.0. The van der Waals surface area contributed by atoms with E-state index in [2.05, 4.69) is 0 Å². The number of amides is 1. The van der Waals surface area contributed by atoms with Crippen molar-refractivity contribution in [3.05, 3.63) is 39.3 Å². The van der Waals surface area contributed by atoms with Crippen molar-refractivity contribution in [1.82, 2.24) is 4.90 Å². The second-order valence-corrected chi connectivity index (χ2v) is 5.97. The predicted molar refractivity (Wildman–Crippen MR) is 77.0 cm³/mol. The van der Waals surface area contributed by atoms with E-state index in [0.717, 1.165) is 16.5 Å². The van der Waals surface area contributed by atoms with E-state index in [-0.39, 0.29) is 17.6 Å². The molecule has 6 nitrogen and oxygen atoms in total. The predicted octanol–water partition coefficient (Wildman–Crippen LogP) is 1.98. The number of fused-ring (bicyclic) bond motifs is 1. The van der Waals surface area contributed by atoms with Crippen molar-refractivity contribution in [2.24, 2.45) is 5.73 Å². The van der Waals surface area contributed by atoms with Crippen LogP contribution < -0.4 is 5.73 Å². The molecule has 1 aliphatic heterocycles. The van der Waals surface area contributed by atoms with Crippen LogP contribution in [0, 0.1) is 10.1 Å². The maximum Gasteiger partial charge on any atom is 0.270 e. The van der Waals surface area contributed by atoms with Gasteiger partial charge in [0.2, 0.25) is 0 Å². The van der Waals surface area contributed by atoms with Crippen molar-refractivity contribution in [2.45, 2.75) is 12.5 Å². The van der Waals surface area contributed by atoms with E-state index in [4.69, 9.17) is 5.73 Å². The highest BCUT2D eigenvalue weighted by Crippen LogP contribution is 2.30. The van der Waals surface area contributed by atoms with Crippen molar-refractivity contribution >= 4 is 33.0 Å². The van der Waals surface area contributed by atoms with Crippen molar-refractivity contribution in [3.8, 4) is 0 Å². The van der Waals surface area contributed by atoms with E-state index in [9.17, 15) is 14.9 Å². The van der Waals surface area contributed by atoms with Gasteiger partial charge in [-0.1, -0.05) is 0 Å². The fourth-order valence-corrected chi connectivity index (χ4v) is 3.39. The first-order valence-electron chi connectivity index (χ1n) is 6.27. The monoisotopic (exact) mass is 291 g/mol. The van der Waals surface area contributed by atoms with Crippen LogP contribution in [0.4, 0.5) is 5.69 Å². The number of thiophene rings is 1. The Morgan fingerprint density at radius 1 is 1.45 bits per heavy atom. The molecule has 1 fully saturated rings. The van der Waals surface area contributed by atoms with Gasteiger partial charge in [0, 0.05) is 41.4 Å². The molecule has 0 bridgehead atoms. The molecule has 0 spiro atoms. The highest BCUT2D eigenvalue weighted by Gasteiger charge is 2.25. The third kappa shape index (κ3) is 2.25. The molecule has 0 saturated carbocycles. The van der Waals surface area contributed by atoms with Gasteiger partial charge in [0.05, 0.1) is 9.80 Å². The number of nitro benzene ring substituents is 1. The molecular formula is C13H13N3O3S. The molecule has 20 heavy (non-hydrogen) atoms. The Morgan fingerprint density at radius 2 is 2.25 bits per heavy atom. The molecule has 104 valence electrons. The van der Waals surface area contributed by atoms with Gasteiger partial charge in [-0.25, -0.2) is 0 Å². The minimum atomic E-state index is -0.432. The highest BCUT2D eigenvalue weighted by molar-refractivity contribution is 7.20. The van der Waals surface area contributed by atoms with E-state index in [1.807, 2.05) is 0 Å². The smallest absolute Gasteiger partial charge is 0.270 e. The number of hydrogen-bond donors (Lipinski definition) is 1. The Labute approximate surface area is 118 Å². The number of carbonyl (C=O) groups excluding carboxylic acids is 1. The van der Waals surface area contributed by atoms with E-state index in [1.165, 1.54) is 23.5 Å². The van der Waals surface area contributed by atoms with Crippen LogP contribution in [-0.4, -0.2) is 34.9 Å². The van der Waals surface area contributed by atoms with Crippen LogP contribution in [-0.2, 0) is 0 Å². The molecule has 1 atom stereocenters. The van der Waals surface area contributed by atoms with E-state index < -0.39 is 4.92 Å². The maximum absolute atomic E-state index is 12.3.